The van der Waals surface area contributed by atoms with Crippen molar-refractivity contribution in [1.82, 2.24) is 4.90 Å². The molecule has 1 heterocycles. The van der Waals surface area contributed by atoms with Crippen LogP contribution < -0.4 is 9.47 Å². The normalized spacial score (nSPS) is 17.3. The highest BCUT2D eigenvalue weighted by Gasteiger charge is 2.35. The number of hydrogen-bond acceptors (Lipinski definition) is 4. The van der Waals surface area contributed by atoms with Gasteiger partial charge in [-0.15, -0.1) is 0 Å². The first-order chi connectivity index (χ1) is 12.7. The highest BCUT2D eigenvalue weighted by Crippen LogP contribution is 2.37. The number of para-hydroxylation sites is 2. The smallest absolute Gasteiger partial charge is 0.126 e. The van der Waals surface area contributed by atoms with Crippen LogP contribution in [-0.2, 0) is 5.60 Å². The van der Waals surface area contributed by atoms with Crippen molar-refractivity contribution in [3.63, 3.8) is 0 Å². The molecule has 1 fully saturated rings. The van der Waals surface area contributed by atoms with Gasteiger partial charge in [0.15, 0.2) is 0 Å². The Bertz CT molecular complexity index is 749. The van der Waals surface area contributed by atoms with Crippen LogP contribution in [0.4, 0.5) is 0 Å². The number of nitrogens with zero attached hydrogens (tertiary/aromatic N) is 1. The van der Waals surface area contributed by atoms with Gasteiger partial charge in [0.1, 0.15) is 11.5 Å². The number of methoxy groups -OCH3 is 2. The zero-order valence-corrected chi connectivity index (χ0v) is 15.5. The van der Waals surface area contributed by atoms with E-state index in [0.29, 0.717) is 12.8 Å². The van der Waals surface area contributed by atoms with E-state index in [0.717, 1.165) is 42.3 Å². The molecule has 0 spiro atoms. The van der Waals surface area contributed by atoms with Crippen LogP contribution >= 0.6 is 0 Å². The molecule has 0 radical (unpaired) electrons. The van der Waals surface area contributed by atoms with Gasteiger partial charge in [0.25, 0.3) is 0 Å². The third kappa shape index (κ3) is 4.09. The maximum absolute atomic E-state index is 11.1. The summed E-state index contributed by atoms with van der Waals surface area (Å²) in [4.78, 5) is 2.36. The molecule has 0 unspecified atom stereocenters. The third-order valence-corrected chi connectivity index (χ3v) is 5.09. The molecule has 0 amide bonds. The molecule has 0 aromatic heterocycles. The average Bonchev–Trinajstić information content (AvgIpc) is 2.70. The first-order valence-corrected chi connectivity index (χ1v) is 9.04. The number of ether oxygens (including phenoxy) is 2. The lowest BCUT2D eigenvalue weighted by molar-refractivity contribution is -0.0249. The van der Waals surface area contributed by atoms with Gasteiger partial charge in [-0.2, -0.15) is 0 Å². The van der Waals surface area contributed by atoms with E-state index in [1.165, 1.54) is 0 Å². The monoisotopic (exact) mass is 353 g/mol. The molecule has 26 heavy (non-hydrogen) atoms. The predicted molar refractivity (Wildman–Crippen MR) is 105 cm³/mol. The summed E-state index contributed by atoms with van der Waals surface area (Å²) < 4.78 is 10.8. The minimum atomic E-state index is -0.810. The number of hydrogen-bond donors (Lipinski definition) is 1. The van der Waals surface area contributed by atoms with Crippen molar-refractivity contribution >= 4 is 6.08 Å². The summed E-state index contributed by atoms with van der Waals surface area (Å²) in [7, 11) is 3.34. The summed E-state index contributed by atoms with van der Waals surface area (Å²) in [6.45, 7) is 2.57. The lowest BCUT2D eigenvalue weighted by Crippen LogP contribution is -2.42. The number of rotatable bonds is 6. The van der Waals surface area contributed by atoms with Crippen molar-refractivity contribution in [3.05, 3.63) is 65.7 Å². The van der Waals surface area contributed by atoms with Crippen LogP contribution in [0.5, 0.6) is 11.5 Å². The number of benzene rings is 2. The molecular formula is C22H27NO3. The standard InChI is InChI=1S/C22H27NO3/c1-25-20-11-5-3-8-18(20)9-7-15-23-16-13-22(24,14-17-23)19-10-4-6-12-21(19)26-2/h3-12,24H,13-17H2,1-2H3/b9-7+. The molecule has 4 nitrogen and oxygen atoms in total. The molecular weight excluding hydrogens is 326 g/mol. The van der Waals surface area contributed by atoms with Gasteiger partial charge in [-0.05, 0) is 25.0 Å². The summed E-state index contributed by atoms with van der Waals surface area (Å²) in [6.07, 6.45) is 5.66. The topological polar surface area (TPSA) is 41.9 Å². The van der Waals surface area contributed by atoms with Gasteiger partial charge >= 0.3 is 0 Å². The molecule has 0 atom stereocenters. The highest BCUT2D eigenvalue weighted by molar-refractivity contribution is 5.57. The summed E-state index contributed by atoms with van der Waals surface area (Å²) in [6, 6.07) is 15.8. The maximum atomic E-state index is 11.1. The molecule has 2 aromatic carbocycles. The largest absolute Gasteiger partial charge is 0.496 e. The van der Waals surface area contributed by atoms with Crippen LogP contribution in [-0.4, -0.2) is 43.9 Å². The van der Waals surface area contributed by atoms with E-state index in [1.54, 1.807) is 14.2 Å². The summed E-state index contributed by atoms with van der Waals surface area (Å²) in [5.41, 5.74) is 1.17. The third-order valence-electron chi connectivity index (χ3n) is 5.09. The lowest BCUT2D eigenvalue weighted by Gasteiger charge is -2.38. The van der Waals surface area contributed by atoms with Crippen LogP contribution in [0.25, 0.3) is 6.08 Å². The van der Waals surface area contributed by atoms with Gasteiger partial charge in [0, 0.05) is 30.8 Å². The van der Waals surface area contributed by atoms with Crippen LogP contribution in [0.1, 0.15) is 24.0 Å². The van der Waals surface area contributed by atoms with Crippen LogP contribution in [0, 0.1) is 0 Å². The zero-order valence-electron chi connectivity index (χ0n) is 15.5. The Labute approximate surface area is 155 Å². The van der Waals surface area contributed by atoms with E-state index in [4.69, 9.17) is 9.47 Å². The summed E-state index contributed by atoms with van der Waals surface area (Å²) in [5, 5.41) is 11.1. The molecule has 138 valence electrons. The number of piperidine rings is 1. The minimum absolute atomic E-state index is 0.704. The fraction of sp³-hybridized carbons (Fsp3) is 0.364. The molecule has 1 saturated heterocycles. The van der Waals surface area contributed by atoms with Crippen molar-refractivity contribution in [2.45, 2.75) is 18.4 Å². The number of likely N-dealkylation sites (tertiary alicyclic amines) is 1. The fourth-order valence-electron chi connectivity index (χ4n) is 3.54. The van der Waals surface area contributed by atoms with Gasteiger partial charge in [-0.3, -0.25) is 4.90 Å². The second kappa shape index (κ2) is 8.39. The van der Waals surface area contributed by atoms with Crippen molar-refractivity contribution in [3.8, 4) is 11.5 Å². The van der Waals surface area contributed by atoms with Gasteiger partial charge in [0.05, 0.1) is 19.8 Å². The van der Waals surface area contributed by atoms with Gasteiger partial charge in [-0.1, -0.05) is 48.6 Å². The van der Waals surface area contributed by atoms with E-state index in [-0.39, 0.29) is 0 Å². The Morgan fingerprint density at radius 1 is 0.962 bits per heavy atom. The van der Waals surface area contributed by atoms with E-state index < -0.39 is 5.60 Å². The molecule has 0 saturated carbocycles. The molecule has 0 aliphatic carbocycles. The van der Waals surface area contributed by atoms with E-state index in [1.807, 2.05) is 48.5 Å². The molecule has 0 bridgehead atoms. The Kier molecular flexibility index (Phi) is 5.96. The van der Waals surface area contributed by atoms with Gasteiger partial charge < -0.3 is 14.6 Å². The van der Waals surface area contributed by atoms with Gasteiger partial charge in [-0.25, -0.2) is 0 Å². The van der Waals surface area contributed by atoms with Crippen molar-refractivity contribution < 1.29 is 14.6 Å². The van der Waals surface area contributed by atoms with Crippen molar-refractivity contribution in [2.75, 3.05) is 33.9 Å². The first-order valence-electron chi connectivity index (χ1n) is 9.04. The van der Waals surface area contributed by atoms with Crippen LogP contribution in [0.15, 0.2) is 54.6 Å². The highest BCUT2D eigenvalue weighted by atomic mass is 16.5. The number of aliphatic hydroxyl groups is 1. The maximum Gasteiger partial charge on any atom is 0.126 e. The molecule has 1 aliphatic rings. The Hall–Kier alpha value is -2.30. The Balaban J connectivity index is 1.59. The van der Waals surface area contributed by atoms with Crippen LogP contribution in [0.3, 0.4) is 0 Å². The average molecular weight is 353 g/mol. The molecule has 2 aromatic rings. The second-order valence-corrected chi connectivity index (χ2v) is 6.68. The summed E-state index contributed by atoms with van der Waals surface area (Å²) in [5.74, 6) is 1.65. The SMILES string of the molecule is COc1ccccc1/C=C/CN1CCC(O)(c2ccccc2OC)CC1. The predicted octanol–water partition coefficient (Wildman–Crippen LogP) is 3.70. The quantitative estimate of drug-likeness (QED) is 0.860. The lowest BCUT2D eigenvalue weighted by atomic mass is 9.84. The van der Waals surface area contributed by atoms with Gasteiger partial charge in [0.2, 0.25) is 0 Å². The zero-order chi connectivity index (χ0) is 18.4. The Morgan fingerprint density at radius 2 is 1.58 bits per heavy atom. The minimum Gasteiger partial charge on any atom is -0.496 e. The molecule has 1 aliphatic heterocycles. The Morgan fingerprint density at radius 3 is 2.27 bits per heavy atom. The first kappa shape index (κ1) is 18.5. The van der Waals surface area contributed by atoms with E-state index in [9.17, 15) is 5.11 Å². The molecule has 3 rings (SSSR count). The van der Waals surface area contributed by atoms with E-state index in [2.05, 4.69) is 17.1 Å². The van der Waals surface area contributed by atoms with Crippen LogP contribution in [0.2, 0.25) is 0 Å². The molecule has 1 N–H and O–H groups in total. The summed E-state index contributed by atoms with van der Waals surface area (Å²) >= 11 is 0. The fourth-order valence-corrected chi connectivity index (χ4v) is 3.54. The molecule has 4 heteroatoms. The van der Waals surface area contributed by atoms with Crippen molar-refractivity contribution in [1.29, 1.82) is 0 Å². The van der Waals surface area contributed by atoms with Crippen molar-refractivity contribution in [2.24, 2.45) is 0 Å². The van der Waals surface area contributed by atoms with E-state index >= 15 is 0 Å². The second-order valence-electron chi connectivity index (χ2n) is 6.68.